The first-order valence-corrected chi connectivity index (χ1v) is 12.7. The van der Waals surface area contributed by atoms with Crippen LogP contribution in [0.2, 0.25) is 5.02 Å². The van der Waals surface area contributed by atoms with E-state index in [1.807, 2.05) is 11.8 Å². The van der Waals surface area contributed by atoms with Crippen molar-refractivity contribution < 1.29 is 13.2 Å². The fourth-order valence-electron chi connectivity index (χ4n) is 2.83. The average molecular weight is 461 g/mol. The van der Waals surface area contributed by atoms with E-state index in [0.717, 1.165) is 17.1 Å². The normalized spacial score (nSPS) is 15.5. The first kappa shape index (κ1) is 21.5. The lowest BCUT2D eigenvalue weighted by Gasteiger charge is -2.20. The number of anilines is 1. The molecule has 0 bridgehead atoms. The van der Waals surface area contributed by atoms with E-state index in [1.165, 1.54) is 32.1 Å². The van der Waals surface area contributed by atoms with Gasteiger partial charge in [-0.15, -0.1) is 10.2 Å². The van der Waals surface area contributed by atoms with Crippen LogP contribution in [-0.4, -0.2) is 42.1 Å². The largest absolute Gasteiger partial charge is 0.296 e. The van der Waals surface area contributed by atoms with Crippen LogP contribution in [0.5, 0.6) is 0 Å². The van der Waals surface area contributed by atoms with Crippen LogP contribution in [0.25, 0.3) is 0 Å². The van der Waals surface area contributed by atoms with Gasteiger partial charge < -0.3 is 0 Å². The second-order valence-corrected chi connectivity index (χ2v) is 11.1. The zero-order chi connectivity index (χ0) is 20.0. The van der Waals surface area contributed by atoms with Gasteiger partial charge in [0.1, 0.15) is 0 Å². The number of aromatic nitrogens is 2. The molecular formula is C17H21ClN4O3S3. The highest BCUT2D eigenvalue weighted by Crippen LogP contribution is 2.28. The third kappa shape index (κ3) is 6.15. The molecule has 1 amide bonds. The number of halogens is 1. The number of hydrogen-bond acceptors (Lipinski definition) is 7. The predicted octanol–water partition coefficient (Wildman–Crippen LogP) is 3.79. The van der Waals surface area contributed by atoms with E-state index in [4.69, 9.17) is 11.6 Å². The summed E-state index contributed by atoms with van der Waals surface area (Å²) in [5.41, 5.74) is 0.391. The monoisotopic (exact) mass is 460 g/mol. The van der Waals surface area contributed by atoms with Gasteiger partial charge in [-0.1, -0.05) is 42.2 Å². The second-order valence-electron chi connectivity index (χ2n) is 6.36. The molecule has 28 heavy (non-hydrogen) atoms. The summed E-state index contributed by atoms with van der Waals surface area (Å²) in [6.45, 7) is 0.343. The van der Waals surface area contributed by atoms with Gasteiger partial charge in [0.15, 0.2) is 0 Å². The highest BCUT2D eigenvalue weighted by atomic mass is 35.5. The fraction of sp³-hybridized carbons (Fsp3) is 0.471. The molecule has 11 heteroatoms. The van der Waals surface area contributed by atoms with Crippen LogP contribution in [0, 0.1) is 0 Å². The van der Waals surface area contributed by atoms with Crippen molar-refractivity contribution in [3.63, 3.8) is 0 Å². The molecule has 0 spiro atoms. The van der Waals surface area contributed by atoms with E-state index in [1.54, 1.807) is 24.3 Å². The maximum atomic E-state index is 12.4. The fourth-order valence-corrected chi connectivity index (χ4v) is 6.28. The van der Waals surface area contributed by atoms with Crippen molar-refractivity contribution in [2.24, 2.45) is 0 Å². The highest BCUT2D eigenvalue weighted by molar-refractivity contribution is 8.00. The summed E-state index contributed by atoms with van der Waals surface area (Å²) in [7, 11) is -3.74. The van der Waals surface area contributed by atoms with E-state index in [-0.39, 0.29) is 9.47 Å². The van der Waals surface area contributed by atoms with Gasteiger partial charge >= 0.3 is 0 Å². The Morgan fingerprint density at radius 3 is 2.61 bits per heavy atom. The van der Waals surface area contributed by atoms with Crippen molar-refractivity contribution in [3.05, 3.63) is 34.9 Å². The molecule has 1 fully saturated rings. The summed E-state index contributed by atoms with van der Waals surface area (Å²) in [5.74, 6) is 0.316. The number of sulfonamides is 1. The van der Waals surface area contributed by atoms with Gasteiger partial charge in [0.25, 0.3) is 15.9 Å². The maximum Gasteiger partial charge on any atom is 0.269 e. The first-order valence-electron chi connectivity index (χ1n) is 8.96. The lowest BCUT2D eigenvalue weighted by molar-refractivity contribution is 0.102. The number of hydrogen-bond donors (Lipinski definition) is 2. The molecule has 0 atom stereocenters. The van der Waals surface area contributed by atoms with Crippen molar-refractivity contribution >= 4 is 55.8 Å². The van der Waals surface area contributed by atoms with E-state index in [2.05, 4.69) is 20.2 Å². The zero-order valence-corrected chi connectivity index (χ0v) is 18.3. The third-order valence-electron chi connectivity index (χ3n) is 4.26. The standard InChI is InChI=1S/C17H21ClN4O3S3/c18-13-8-6-12(7-9-13)15(23)20-16-21-22-17(27-16)28(24,25)19-10-11-26-14-4-2-1-3-5-14/h6-9,14,19H,1-5,10-11H2,(H,20,21,23). The molecule has 0 aliphatic heterocycles. The predicted molar refractivity (Wildman–Crippen MR) is 114 cm³/mol. The average Bonchev–Trinajstić information content (AvgIpc) is 3.16. The van der Waals surface area contributed by atoms with Gasteiger partial charge in [-0.25, -0.2) is 13.1 Å². The Labute approximate surface area is 177 Å². The summed E-state index contributed by atoms with van der Waals surface area (Å²) in [6.07, 6.45) is 6.25. The molecule has 1 aromatic carbocycles. The number of rotatable bonds is 8. The molecule has 1 aliphatic carbocycles. The van der Waals surface area contributed by atoms with Gasteiger partial charge in [-0.2, -0.15) is 11.8 Å². The van der Waals surface area contributed by atoms with Crippen LogP contribution >= 0.6 is 34.7 Å². The molecule has 7 nitrogen and oxygen atoms in total. The number of carbonyl (C=O) groups is 1. The minimum atomic E-state index is -3.74. The van der Waals surface area contributed by atoms with Gasteiger partial charge in [0.05, 0.1) is 0 Å². The quantitative estimate of drug-likeness (QED) is 0.459. The van der Waals surface area contributed by atoms with Gasteiger partial charge in [0, 0.05) is 28.1 Å². The van der Waals surface area contributed by atoms with Crippen molar-refractivity contribution in [2.75, 3.05) is 17.6 Å². The van der Waals surface area contributed by atoms with Gasteiger partial charge in [-0.05, 0) is 37.1 Å². The summed E-state index contributed by atoms with van der Waals surface area (Å²) < 4.78 is 27.1. The Hall–Kier alpha value is -1.20. The molecular weight excluding hydrogens is 440 g/mol. The van der Waals surface area contributed by atoms with Crippen molar-refractivity contribution in [1.82, 2.24) is 14.9 Å². The third-order valence-corrected chi connectivity index (χ3v) is 8.56. The lowest BCUT2D eigenvalue weighted by Crippen LogP contribution is -2.26. The summed E-state index contributed by atoms with van der Waals surface area (Å²) >= 11 is 8.43. The zero-order valence-electron chi connectivity index (χ0n) is 15.1. The van der Waals surface area contributed by atoms with Crippen LogP contribution in [0.1, 0.15) is 42.5 Å². The Morgan fingerprint density at radius 1 is 1.18 bits per heavy atom. The molecule has 1 aromatic heterocycles. The van der Waals surface area contributed by atoms with Crippen molar-refractivity contribution in [2.45, 2.75) is 41.7 Å². The molecule has 0 unspecified atom stereocenters. The minimum absolute atomic E-state index is 0.122. The number of amides is 1. The molecule has 152 valence electrons. The molecule has 1 saturated carbocycles. The van der Waals surface area contributed by atoms with Crippen LogP contribution in [0.4, 0.5) is 5.13 Å². The minimum Gasteiger partial charge on any atom is -0.296 e. The first-order chi connectivity index (χ1) is 13.4. The maximum absolute atomic E-state index is 12.4. The Kier molecular flexibility index (Phi) is 7.69. The number of carbonyl (C=O) groups excluding carboxylic acids is 1. The van der Waals surface area contributed by atoms with Crippen molar-refractivity contribution in [1.29, 1.82) is 0 Å². The van der Waals surface area contributed by atoms with Crippen LogP contribution in [0.3, 0.4) is 0 Å². The Bertz CT molecular complexity index is 897. The van der Waals surface area contributed by atoms with Crippen LogP contribution < -0.4 is 10.0 Å². The SMILES string of the molecule is O=C(Nc1nnc(S(=O)(=O)NCCSC2CCCCC2)s1)c1ccc(Cl)cc1. The van der Waals surface area contributed by atoms with E-state index < -0.39 is 15.9 Å². The van der Waals surface area contributed by atoms with Crippen molar-refractivity contribution in [3.8, 4) is 0 Å². The molecule has 1 heterocycles. The van der Waals surface area contributed by atoms with E-state index in [0.29, 0.717) is 22.4 Å². The topological polar surface area (TPSA) is 101 Å². The highest BCUT2D eigenvalue weighted by Gasteiger charge is 2.21. The van der Waals surface area contributed by atoms with Gasteiger partial charge in [-0.3, -0.25) is 10.1 Å². The van der Waals surface area contributed by atoms with E-state index in [9.17, 15) is 13.2 Å². The van der Waals surface area contributed by atoms with Crippen LogP contribution in [-0.2, 0) is 10.0 Å². The summed E-state index contributed by atoms with van der Waals surface area (Å²) in [4.78, 5) is 12.2. The number of nitrogens with zero attached hydrogens (tertiary/aromatic N) is 2. The molecule has 0 saturated heterocycles. The Balaban J connectivity index is 1.50. The molecule has 0 radical (unpaired) electrons. The molecule has 2 aromatic rings. The van der Waals surface area contributed by atoms with E-state index >= 15 is 0 Å². The second kappa shape index (κ2) is 10.0. The smallest absolute Gasteiger partial charge is 0.269 e. The van der Waals surface area contributed by atoms with Gasteiger partial charge in [0.2, 0.25) is 9.47 Å². The lowest BCUT2D eigenvalue weighted by atomic mass is 10.0. The molecule has 3 rings (SSSR count). The number of nitrogens with one attached hydrogen (secondary N) is 2. The number of thioether (sulfide) groups is 1. The molecule has 2 N–H and O–H groups in total. The molecule has 1 aliphatic rings. The Morgan fingerprint density at radius 2 is 1.89 bits per heavy atom. The number of benzene rings is 1. The van der Waals surface area contributed by atoms with Crippen LogP contribution in [0.15, 0.2) is 28.6 Å². The summed E-state index contributed by atoms with van der Waals surface area (Å²) in [6, 6.07) is 6.34. The summed E-state index contributed by atoms with van der Waals surface area (Å²) in [5, 5.41) is 11.3.